The van der Waals surface area contributed by atoms with Crippen molar-refractivity contribution >= 4 is 5.97 Å². The zero-order valence-corrected chi connectivity index (χ0v) is 6.69. The molecule has 0 amide bonds. The quantitative estimate of drug-likeness (QED) is 0.562. The van der Waals surface area contributed by atoms with E-state index in [0.717, 1.165) is 6.08 Å². The molecule has 4 nitrogen and oxygen atoms in total. The van der Waals surface area contributed by atoms with Crippen LogP contribution in [0.2, 0.25) is 0 Å². The van der Waals surface area contributed by atoms with Crippen molar-refractivity contribution in [3.05, 3.63) is 12.3 Å². The third kappa shape index (κ3) is 6.86. The Balaban J connectivity index is 3.68. The fourth-order valence-electron chi connectivity index (χ4n) is 0.669. The lowest BCUT2D eigenvalue weighted by Crippen LogP contribution is -2.22. The zero-order chi connectivity index (χ0) is 8.85. The second kappa shape index (κ2) is 4.73. The highest BCUT2D eigenvalue weighted by Crippen LogP contribution is 1.88. The largest absolute Gasteiger partial charge is 0.478 e. The van der Waals surface area contributed by atoms with Crippen LogP contribution in [0.1, 0.15) is 6.92 Å². The highest BCUT2D eigenvalue weighted by atomic mass is 16.4. The van der Waals surface area contributed by atoms with E-state index in [9.17, 15) is 4.79 Å². The summed E-state index contributed by atoms with van der Waals surface area (Å²) >= 11 is 0. The van der Waals surface area contributed by atoms with Gasteiger partial charge >= 0.3 is 5.97 Å². The molecule has 0 radical (unpaired) electrons. The van der Waals surface area contributed by atoms with Crippen LogP contribution in [0.5, 0.6) is 0 Å². The van der Waals surface area contributed by atoms with Crippen LogP contribution in [0.4, 0.5) is 0 Å². The lowest BCUT2D eigenvalue weighted by atomic mass is 10.4. The number of hydrogen-bond donors (Lipinski definition) is 2. The van der Waals surface area contributed by atoms with Crippen molar-refractivity contribution in [2.45, 2.75) is 13.0 Å². The number of carboxylic acids is 1. The number of aliphatic hydroxyl groups is 1. The molecule has 0 aliphatic heterocycles. The van der Waals surface area contributed by atoms with Gasteiger partial charge in [-0.25, -0.2) is 4.79 Å². The lowest BCUT2D eigenvalue weighted by molar-refractivity contribution is -0.131. The molecule has 0 saturated carbocycles. The maximum atomic E-state index is 10.0. The average Bonchev–Trinajstić information content (AvgIpc) is 1.82. The van der Waals surface area contributed by atoms with E-state index in [-0.39, 0.29) is 0 Å². The molecule has 0 rings (SSSR count). The van der Waals surface area contributed by atoms with Gasteiger partial charge in [-0.05, 0) is 6.92 Å². The molecule has 0 bridgehead atoms. The molecule has 0 saturated heterocycles. The van der Waals surface area contributed by atoms with Gasteiger partial charge in [0, 0.05) is 25.9 Å². The topological polar surface area (TPSA) is 60.8 Å². The maximum absolute atomic E-state index is 10.0. The van der Waals surface area contributed by atoms with Gasteiger partial charge in [-0.3, -0.25) is 0 Å². The van der Waals surface area contributed by atoms with Crippen LogP contribution in [-0.2, 0) is 4.79 Å². The molecule has 1 unspecified atom stereocenters. The third-order valence-corrected chi connectivity index (χ3v) is 1.02. The van der Waals surface area contributed by atoms with Gasteiger partial charge in [-0.2, -0.15) is 0 Å². The molecular formula is C7H13NO3. The molecule has 0 aromatic carbocycles. The number of aliphatic hydroxyl groups excluding tert-OH is 1. The highest BCUT2D eigenvalue weighted by Gasteiger charge is 1.97. The van der Waals surface area contributed by atoms with E-state index in [1.165, 1.54) is 6.20 Å². The summed E-state index contributed by atoms with van der Waals surface area (Å²) in [4.78, 5) is 11.6. The van der Waals surface area contributed by atoms with Gasteiger partial charge < -0.3 is 15.1 Å². The monoisotopic (exact) mass is 159 g/mol. The lowest BCUT2D eigenvalue weighted by Gasteiger charge is -2.14. The smallest absolute Gasteiger partial charge is 0.329 e. The molecule has 11 heavy (non-hydrogen) atoms. The van der Waals surface area contributed by atoms with Crippen LogP contribution in [0, 0.1) is 0 Å². The first-order chi connectivity index (χ1) is 5.02. The van der Waals surface area contributed by atoms with E-state index < -0.39 is 12.1 Å². The Morgan fingerprint density at radius 2 is 2.27 bits per heavy atom. The summed E-state index contributed by atoms with van der Waals surface area (Å²) in [7, 11) is 1.70. The van der Waals surface area contributed by atoms with Gasteiger partial charge in [-0.1, -0.05) is 0 Å². The second-order valence-corrected chi connectivity index (χ2v) is 2.44. The standard InChI is InChI=1S/C7H13NO3/c1-6(9)5-8(2)4-3-7(10)11/h3-4,6,9H,5H2,1-2H3,(H,10,11). The number of hydrogen-bond acceptors (Lipinski definition) is 3. The van der Waals surface area contributed by atoms with Gasteiger partial charge in [0.05, 0.1) is 6.10 Å². The number of carbonyl (C=O) groups is 1. The Hall–Kier alpha value is -1.03. The Labute approximate surface area is 65.7 Å². The average molecular weight is 159 g/mol. The minimum atomic E-state index is -0.984. The van der Waals surface area contributed by atoms with Gasteiger partial charge in [0.1, 0.15) is 0 Å². The molecular weight excluding hydrogens is 146 g/mol. The summed E-state index contributed by atoms with van der Waals surface area (Å²) in [6, 6.07) is 0. The van der Waals surface area contributed by atoms with Gasteiger partial charge in [-0.15, -0.1) is 0 Å². The van der Waals surface area contributed by atoms with Crippen LogP contribution >= 0.6 is 0 Å². The van der Waals surface area contributed by atoms with Crippen LogP contribution in [-0.4, -0.2) is 40.8 Å². The van der Waals surface area contributed by atoms with Crippen LogP contribution in [0.25, 0.3) is 0 Å². The zero-order valence-electron chi connectivity index (χ0n) is 6.69. The molecule has 0 spiro atoms. The molecule has 0 aliphatic rings. The molecule has 2 N–H and O–H groups in total. The number of aliphatic carboxylic acids is 1. The Kier molecular flexibility index (Phi) is 4.29. The molecule has 0 aliphatic carbocycles. The second-order valence-electron chi connectivity index (χ2n) is 2.44. The summed E-state index contributed by atoms with van der Waals surface area (Å²) in [5.74, 6) is -0.984. The van der Waals surface area contributed by atoms with E-state index in [0.29, 0.717) is 6.54 Å². The molecule has 4 heteroatoms. The first-order valence-corrected chi connectivity index (χ1v) is 3.32. The van der Waals surface area contributed by atoms with Crippen molar-refractivity contribution in [2.75, 3.05) is 13.6 Å². The van der Waals surface area contributed by atoms with E-state index >= 15 is 0 Å². The van der Waals surface area contributed by atoms with Gasteiger partial charge in [0.15, 0.2) is 0 Å². The predicted molar refractivity (Wildman–Crippen MR) is 41.1 cm³/mol. The van der Waals surface area contributed by atoms with E-state index in [1.54, 1.807) is 18.9 Å². The number of rotatable bonds is 4. The normalized spacial score (nSPS) is 13.4. The Morgan fingerprint density at radius 3 is 2.64 bits per heavy atom. The molecule has 0 aromatic heterocycles. The maximum Gasteiger partial charge on any atom is 0.329 e. The summed E-state index contributed by atoms with van der Waals surface area (Å²) in [5.41, 5.74) is 0. The SMILES string of the molecule is CC(O)CN(C)C=CC(=O)O. The summed E-state index contributed by atoms with van der Waals surface area (Å²) < 4.78 is 0. The highest BCUT2D eigenvalue weighted by molar-refractivity contribution is 5.79. The van der Waals surface area contributed by atoms with Crippen LogP contribution in [0.15, 0.2) is 12.3 Å². The van der Waals surface area contributed by atoms with Crippen molar-refractivity contribution in [1.29, 1.82) is 0 Å². The first kappa shape index (κ1) is 9.97. The van der Waals surface area contributed by atoms with Crippen molar-refractivity contribution in [2.24, 2.45) is 0 Å². The van der Waals surface area contributed by atoms with E-state index in [2.05, 4.69) is 0 Å². The van der Waals surface area contributed by atoms with Gasteiger partial charge in [0.2, 0.25) is 0 Å². The molecule has 64 valence electrons. The van der Waals surface area contributed by atoms with Crippen molar-refractivity contribution in [3.63, 3.8) is 0 Å². The minimum absolute atomic E-state index is 0.434. The minimum Gasteiger partial charge on any atom is -0.478 e. The third-order valence-electron chi connectivity index (χ3n) is 1.02. The predicted octanol–water partition coefficient (Wildman–Crippen LogP) is -0.103. The van der Waals surface area contributed by atoms with Crippen molar-refractivity contribution in [3.8, 4) is 0 Å². The number of carboxylic acid groups (broad SMARTS) is 1. The molecule has 0 heterocycles. The van der Waals surface area contributed by atoms with Crippen molar-refractivity contribution in [1.82, 2.24) is 4.90 Å². The molecule has 0 aromatic rings. The van der Waals surface area contributed by atoms with Gasteiger partial charge in [0.25, 0.3) is 0 Å². The first-order valence-electron chi connectivity index (χ1n) is 3.32. The molecule has 0 fully saturated rings. The Bertz CT molecular complexity index is 154. The Morgan fingerprint density at radius 1 is 1.73 bits per heavy atom. The fraction of sp³-hybridized carbons (Fsp3) is 0.571. The summed E-state index contributed by atoms with van der Waals surface area (Å²) in [6.45, 7) is 2.08. The van der Waals surface area contributed by atoms with Crippen LogP contribution < -0.4 is 0 Å². The fourth-order valence-corrected chi connectivity index (χ4v) is 0.669. The van der Waals surface area contributed by atoms with Crippen LogP contribution in [0.3, 0.4) is 0 Å². The number of nitrogens with zero attached hydrogens (tertiary/aromatic N) is 1. The van der Waals surface area contributed by atoms with Crippen molar-refractivity contribution < 1.29 is 15.0 Å². The van der Waals surface area contributed by atoms with E-state index in [4.69, 9.17) is 10.2 Å². The molecule has 1 atom stereocenters. The van der Waals surface area contributed by atoms with E-state index in [1.807, 2.05) is 0 Å². The summed E-state index contributed by atoms with van der Waals surface area (Å²) in [6.07, 6.45) is 2.00. The number of likely N-dealkylation sites (N-methyl/N-ethyl adjacent to an activating group) is 1. The summed E-state index contributed by atoms with van der Waals surface area (Å²) in [5, 5.41) is 17.1.